The molecule has 0 spiro atoms. The molecule has 4 nitrogen and oxygen atoms in total. The summed E-state index contributed by atoms with van der Waals surface area (Å²) in [5, 5.41) is 1.27. The third-order valence-electron chi connectivity index (χ3n) is 5.61. The highest BCUT2D eigenvalue weighted by Crippen LogP contribution is 2.49. The molecule has 132 valence electrons. The zero-order valence-electron chi connectivity index (χ0n) is 14.4. The standard InChI is InChI=1S/C20H20N4S2/c21-18-23-16-12(6-4-8-14(16)25-18)20(10-2-1-3-11-20)13-7-5-9-15-17(13)24-19(22)26-15/h4-9H,1-3,10-11H2,(H2,21,23)(H2,22,24). The number of hydrogen-bond donors (Lipinski definition) is 2. The largest absolute Gasteiger partial charge is 0.375 e. The Morgan fingerprint density at radius 1 is 0.731 bits per heavy atom. The average molecular weight is 381 g/mol. The molecule has 1 aliphatic carbocycles. The van der Waals surface area contributed by atoms with E-state index in [9.17, 15) is 0 Å². The highest BCUT2D eigenvalue weighted by Gasteiger charge is 2.39. The number of thiazole rings is 2. The fourth-order valence-electron chi connectivity index (χ4n) is 4.54. The molecule has 0 amide bonds. The molecule has 2 aromatic carbocycles. The molecule has 2 heterocycles. The van der Waals surface area contributed by atoms with E-state index in [0.717, 1.165) is 33.3 Å². The molecular formula is C20H20N4S2. The number of hydrogen-bond acceptors (Lipinski definition) is 6. The van der Waals surface area contributed by atoms with Crippen molar-refractivity contribution in [2.45, 2.75) is 37.5 Å². The molecule has 1 fully saturated rings. The van der Waals surface area contributed by atoms with Gasteiger partial charge in [-0.15, -0.1) is 0 Å². The van der Waals surface area contributed by atoms with Gasteiger partial charge in [0.15, 0.2) is 10.3 Å². The van der Waals surface area contributed by atoms with E-state index in [1.54, 1.807) is 22.7 Å². The van der Waals surface area contributed by atoms with Gasteiger partial charge >= 0.3 is 0 Å². The van der Waals surface area contributed by atoms with Crippen molar-refractivity contribution < 1.29 is 0 Å². The molecule has 0 saturated heterocycles. The van der Waals surface area contributed by atoms with E-state index in [2.05, 4.69) is 36.4 Å². The zero-order valence-corrected chi connectivity index (χ0v) is 16.0. The lowest BCUT2D eigenvalue weighted by atomic mass is 9.65. The Morgan fingerprint density at radius 2 is 1.23 bits per heavy atom. The Hall–Kier alpha value is -2.18. The molecule has 0 atom stereocenters. The third-order valence-corrected chi connectivity index (χ3v) is 7.31. The van der Waals surface area contributed by atoms with Crippen molar-refractivity contribution in [3.63, 3.8) is 0 Å². The molecule has 26 heavy (non-hydrogen) atoms. The summed E-state index contributed by atoms with van der Waals surface area (Å²) in [6, 6.07) is 13.0. The van der Waals surface area contributed by atoms with Crippen LogP contribution in [0.25, 0.3) is 20.4 Å². The second-order valence-corrected chi connectivity index (χ2v) is 9.18. The van der Waals surface area contributed by atoms with Crippen LogP contribution in [0.1, 0.15) is 43.2 Å². The quantitative estimate of drug-likeness (QED) is 0.493. The molecule has 2 aromatic heterocycles. The molecule has 0 bridgehead atoms. The SMILES string of the molecule is Nc1nc2c(C3(c4cccc5sc(N)nc45)CCCCC3)cccc2s1. The van der Waals surface area contributed by atoms with Crippen LogP contribution < -0.4 is 11.5 Å². The highest BCUT2D eigenvalue weighted by atomic mass is 32.1. The van der Waals surface area contributed by atoms with Crippen LogP contribution in [0.5, 0.6) is 0 Å². The Labute approximate surface area is 159 Å². The van der Waals surface area contributed by atoms with Gasteiger partial charge in [-0.1, -0.05) is 66.2 Å². The number of fused-ring (bicyclic) bond motifs is 2. The van der Waals surface area contributed by atoms with Gasteiger partial charge in [-0.05, 0) is 36.1 Å². The molecule has 0 radical (unpaired) electrons. The molecule has 0 unspecified atom stereocenters. The van der Waals surface area contributed by atoms with Gasteiger partial charge in [0.1, 0.15) is 0 Å². The van der Waals surface area contributed by atoms with Gasteiger partial charge in [0.25, 0.3) is 0 Å². The van der Waals surface area contributed by atoms with Gasteiger partial charge in [-0.3, -0.25) is 0 Å². The third kappa shape index (κ3) is 2.32. The molecule has 0 aliphatic heterocycles. The second kappa shape index (κ2) is 5.93. The van der Waals surface area contributed by atoms with Crippen LogP contribution in [0.15, 0.2) is 36.4 Å². The van der Waals surface area contributed by atoms with Gasteiger partial charge in [0.05, 0.1) is 20.4 Å². The summed E-state index contributed by atoms with van der Waals surface area (Å²) < 4.78 is 2.32. The van der Waals surface area contributed by atoms with Crippen molar-refractivity contribution in [1.29, 1.82) is 0 Å². The van der Waals surface area contributed by atoms with Crippen molar-refractivity contribution in [2.75, 3.05) is 11.5 Å². The summed E-state index contributed by atoms with van der Waals surface area (Å²) in [4.78, 5) is 9.40. The Balaban J connectivity index is 1.84. The maximum absolute atomic E-state index is 6.04. The number of para-hydroxylation sites is 2. The number of nitrogens with zero attached hydrogens (tertiary/aromatic N) is 2. The predicted molar refractivity (Wildman–Crippen MR) is 112 cm³/mol. The van der Waals surface area contributed by atoms with Crippen LogP contribution in [0.3, 0.4) is 0 Å². The zero-order chi connectivity index (χ0) is 17.7. The summed E-state index contributed by atoms with van der Waals surface area (Å²) >= 11 is 3.13. The number of nitrogen functional groups attached to an aromatic ring is 2. The molecule has 4 aromatic rings. The van der Waals surface area contributed by atoms with E-state index in [4.69, 9.17) is 21.4 Å². The van der Waals surface area contributed by atoms with Crippen molar-refractivity contribution >= 4 is 53.4 Å². The van der Waals surface area contributed by atoms with Gasteiger partial charge in [-0.2, -0.15) is 0 Å². The minimum Gasteiger partial charge on any atom is -0.375 e. The van der Waals surface area contributed by atoms with Crippen LogP contribution in [0.2, 0.25) is 0 Å². The number of aromatic nitrogens is 2. The van der Waals surface area contributed by atoms with E-state index in [1.165, 1.54) is 30.4 Å². The van der Waals surface area contributed by atoms with Gasteiger partial charge in [0, 0.05) is 5.41 Å². The van der Waals surface area contributed by atoms with Crippen LogP contribution in [-0.4, -0.2) is 9.97 Å². The maximum Gasteiger partial charge on any atom is 0.181 e. The van der Waals surface area contributed by atoms with Crippen LogP contribution in [0, 0.1) is 0 Å². The number of benzene rings is 2. The molecule has 4 N–H and O–H groups in total. The predicted octanol–water partition coefficient (Wildman–Crippen LogP) is 5.32. The minimum absolute atomic E-state index is 0.0711. The monoisotopic (exact) mass is 380 g/mol. The second-order valence-electron chi connectivity index (χ2n) is 7.05. The van der Waals surface area contributed by atoms with Gasteiger partial charge in [-0.25, -0.2) is 9.97 Å². The minimum atomic E-state index is -0.0711. The van der Waals surface area contributed by atoms with Gasteiger partial charge in [0.2, 0.25) is 0 Å². The fraction of sp³-hybridized carbons (Fsp3) is 0.300. The van der Waals surface area contributed by atoms with E-state index in [1.807, 2.05) is 0 Å². The summed E-state index contributed by atoms with van der Waals surface area (Å²) in [5.41, 5.74) is 16.7. The number of rotatable bonds is 2. The smallest absolute Gasteiger partial charge is 0.181 e. The van der Waals surface area contributed by atoms with E-state index >= 15 is 0 Å². The first kappa shape index (κ1) is 16.0. The van der Waals surface area contributed by atoms with E-state index < -0.39 is 0 Å². The van der Waals surface area contributed by atoms with Crippen molar-refractivity contribution in [1.82, 2.24) is 9.97 Å². The first-order chi connectivity index (χ1) is 12.7. The molecular weight excluding hydrogens is 360 g/mol. The topological polar surface area (TPSA) is 77.8 Å². The molecule has 1 aliphatic rings. The lowest BCUT2D eigenvalue weighted by molar-refractivity contribution is 0.350. The van der Waals surface area contributed by atoms with Crippen molar-refractivity contribution in [2.24, 2.45) is 0 Å². The number of anilines is 2. The van der Waals surface area contributed by atoms with Crippen molar-refractivity contribution in [3.05, 3.63) is 47.5 Å². The molecule has 5 rings (SSSR count). The Morgan fingerprint density at radius 3 is 1.73 bits per heavy atom. The van der Waals surface area contributed by atoms with E-state index in [-0.39, 0.29) is 5.41 Å². The van der Waals surface area contributed by atoms with Crippen molar-refractivity contribution in [3.8, 4) is 0 Å². The number of nitrogens with two attached hydrogens (primary N) is 2. The van der Waals surface area contributed by atoms with E-state index in [0.29, 0.717) is 10.3 Å². The lowest BCUT2D eigenvalue weighted by Gasteiger charge is -2.38. The summed E-state index contributed by atoms with van der Waals surface area (Å²) in [5.74, 6) is 0. The maximum atomic E-state index is 6.04. The highest BCUT2D eigenvalue weighted by molar-refractivity contribution is 7.22. The first-order valence-corrected chi connectivity index (χ1v) is 10.6. The molecule has 6 heteroatoms. The van der Waals surface area contributed by atoms with Crippen LogP contribution >= 0.6 is 22.7 Å². The van der Waals surface area contributed by atoms with Crippen LogP contribution in [-0.2, 0) is 5.41 Å². The molecule has 1 saturated carbocycles. The normalized spacial score (nSPS) is 17.1. The summed E-state index contributed by atoms with van der Waals surface area (Å²) in [7, 11) is 0. The van der Waals surface area contributed by atoms with Gasteiger partial charge < -0.3 is 11.5 Å². The van der Waals surface area contributed by atoms with Crippen LogP contribution in [0.4, 0.5) is 10.3 Å². The Kier molecular flexibility index (Phi) is 3.65. The fourth-order valence-corrected chi connectivity index (χ4v) is 6.07. The first-order valence-electron chi connectivity index (χ1n) is 8.98. The Bertz CT molecular complexity index is 1020. The summed E-state index contributed by atoms with van der Waals surface area (Å²) in [6.07, 6.45) is 5.93. The average Bonchev–Trinajstić information content (AvgIpc) is 3.22. The lowest BCUT2D eigenvalue weighted by Crippen LogP contribution is -2.31. The summed E-state index contributed by atoms with van der Waals surface area (Å²) in [6.45, 7) is 0.